The summed E-state index contributed by atoms with van der Waals surface area (Å²) in [7, 11) is 1.57. The Balaban J connectivity index is 0. The number of Topliss-reactive ketones (excluding diaryl/α,β-unsaturated/α-hetero) is 1. The topological polar surface area (TPSA) is 52.3 Å². The van der Waals surface area contributed by atoms with E-state index in [4.69, 9.17) is 10.5 Å². The largest absolute Gasteiger partial charge is 0.383 e. The molecule has 1 unspecified atom stereocenters. The lowest BCUT2D eigenvalue weighted by molar-refractivity contribution is -0.117. The fourth-order valence-corrected chi connectivity index (χ4v) is 0.642. The molecule has 62 valence electrons. The SMILES string of the molecule is COCC(N)CC(C)=O.Cl. The van der Waals surface area contributed by atoms with Crippen LogP contribution in [0.1, 0.15) is 13.3 Å². The van der Waals surface area contributed by atoms with Crippen LogP contribution in [0.3, 0.4) is 0 Å². The molecule has 0 spiro atoms. The number of methoxy groups -OCH3 is 1. The Bertz CT molecular complexity index is 97.7. The summed E-state index contributed by atoms with van der Waals surface area (Å²) in [5.41, 5.74) is 5.44. The van der Waals surface area contributed by atoms with Gasteiger partial charge in [0.15, 0.2) is 0 Å². The Morgan fingerprint density at radius 3 is 2.50 bits per heavy atom. The molecular formula is C6H14ClNO2. The lowest BCUT2D eigenvalue weighted by atomic mass is 10.2. The van der Waals surface area contributed by atoms with Gasteiger partial charge in [-0.25, -0.2) is 0 Å². The van der Waals surface area contributed by atoms with Crippen molar-refractivity contribution in [3.8, 4) is 0 Å². The summed E-state index contributed by atoms with van der Waals surface area (Å²) in [4.78, 5) is 10.4. The van der Waals surface area contributed by atoms with E-state index in [-0.39, 0.29) is 24.2 Å². The van der Waals surface area contributed by atoms with Gasteiger partial charge in [0.1, 0.15) is 5.78 Å². The Morgan fingerprint density at radius 2 is 2.20 bits per heavy atom. The molecule has 2 N–H and O–H groups in total. The Kier molecular flexibility index (Phi) is 8.77. The van der Waals surface area contributed by atoms with Crippen LogP contribution >= 0.6 is 12.4 Å². The molecule has 0 radical (unpaired) electrons. The van der Waals surface area contributed by atoms with Gasteiger partial charge < -0.3 is 10.5 Å². The van der Waals surface area contributed by atoms with Crippen LogP contribution in [0, 0.1) is 0 Å². The third-order valence-corrected chi connectivity index (χ3v) is 0.930. The monoisotopic (exact) mass is 167 g/mol. The van der Waals surface area contributed by atoms with Crippen LogP contribution in [0.2, 0.25) is 0 Å². The third kappa shape index (κ3) is 7.88. The molecule has 0 heterocycles. The summed E-state index contributed by atoms with van der Waals surface area (Å²) in [5, 5.41) is 0. The Hall–Kier alpha value is -0.120. The predicted octanol–water partition coefficient (Wildman–Crippen LogP) is 0.361. The summed E-state index contributed by atoms with van der Waals surface area (Å²) in [6, 6.07) is -0.132. The van der Waals surface area contributed by atoms with E-state index in [0.717, 1.165) is 0 Å². The summed E-state index contributed by atoms with van der Waals surface area (Å²) in [5.74, 6) is 0.111. The summed E-state index contributed by atoms with van der Waals surface area (Å²) < 4.78 is 4.73. The van der Waals surface area contributed by atoms with E-state index < -0.39 is 0 Å². The second-order valence-electron chi connectivity index (χ2n) is 2.12. The molecule has 0 aliphatic heterocycles. The van der Waals surface area contributed by atoms with Gasteiger partial charge in [-0.15, -0.1) is 12.4 Å². The Labute approximate surface area is 67.3 Å². The van der Waals surface area contributed by atoms with E-state index in [9.17, 15) is 4.79 Å². The highest BCUT2D eigenvalue weighted by Crippen LogP contribution is 1.88. The van der Waals surface area contributed by atoms with Crippen molar-refractivity contribution in [2.24, 2.45) is 5.73 Å². The number of rotatable bonds is 4. The second kappa shape index (κ2) is 6.99. The molecule has 0 amide bonds. The second-order valence-corrected chi connectivity index (χ2v) is 2.12. The summed E-state index contributed by atoms with van der Waals surface area (Å²) in [6.45, 7) is 1.98. The number of carbonyl (C=O) groups excluding carboxylic acids is 1. The van der Waals surface area contributed by atoms with Gasteiger partial charge >= 0.3 is 0 Å². The molecule has 0 aliphatic carbocycles. The van der Waals surface area contributed by atoms with Crippen molar-refractivity contribution in [1.29, 1.82) is 0 Å². The summed E-state index contributed by atoms with van der Waals surface area (Å²) in [6.07, 6.45) is 0.411. The number of hydrogen-bond acceptors (Lipinski definition) is 3. The van der Waals surface area contributed by atoms with Gasteiger partial charge in [-0.05, 0) is 6.92 Å². The van der Waals surface area contributed by atoms with Crippen LogP contribution in [0.5, 0.6) is 0 Å². The minimum absolute atomic E-state index is 0. The van der Waals surface area contributed by atoms with Gasteiger partial charge in [-0.3, -0.25) is 4.79 Å². The molecule has 0 aromatic heterocycles. The van der Waals surface area contributed by atoms with E-state index in [2.05, 4.69) is 0 Å². The first kappa shape index (κ1) is 12.5. The molecule has 0 saturated carbocycles. The molecule has 0 fully saturated rings. The van der Waals surface area contributed by atoms with Crippen LogP contribution in [-0.2, 0) is 9.53 Å². The third-order valence-electron chi connectivity index (χ3n) is 0.930. The van der Waals surface area contributed by atoms with E-state index >= 15 is 0 Å². The van der Waals surface area contributed by atoms with Crippen molar-refractivity contribution < 1.29 is 9.53 Å². The van der Waals surface area contributed by atoms with Crippen LogP contribution in [0.4, 0.5) is 0 Å². The van der Waals surface area contributed by atoms with Crippen molar-refractivity contribution >= 4 is 18.2 Å². The molecule has 0 bridgehead atoms. The first-order valence-corrected chi connectivity index (χ1v) is 2.90. The Morgan fingerprint density at radius 1 is 1.70 bits per heavy atom. The van der Waals surface area contributed by atoms with Gasteiger partial charge in [0.25, 0.3) is 0 Å². The maximum atomic E-state index is 10.4. The van der Waals surface area contributed by atoms with Crippen molar-refractivity contribution in [2.75, 3.05) is 13.7 Å². The van der Waals surface area contributed by atoms with Crippen molar-refractivity contribution in [3.05, 3.63) is 0 Å². The van der Waals surface area contributed by atoms with Gasteiger partial charge in [-0.1, -0.05) is 0 Å². The first-order chi connectivity index (χ1) is 4.16. The van der Waals surface area contributed by atoms with Gasteiger partial charge in [0, 0.05) is 19.6 Å². The number of halogens is 1. The highest BCUT2D eigenvalue weighted by molar-refractivity contribution is 5.85. The number of ketones is 1. The number of hydrogen-bond donors (Lipinski definition) is 1. The van der Waals surface area contributed by atoms with Crippen LogP contribution in [0.15, 0.2) is 0 Å². The molecule has 0 aliphatic rings. The fraction of sp³-hybridized carbons (Fsp3) is 0.833. The summed E-state index contributed by atoms with van der Waals surface area (Å²) >= 11 is 0. The van der Waals surface area contributed by atoms with E-state index in [1.807, 2.05) is 0 Å². The quantitative estimate of drug-likeness (QED) is 0.658. The van der Waals surface area contributed by atoms with E-state index in [1.165, 1.54) is 6.92 Å². The zero-order chi connectivity index (χ0) is 7.28. The maximum Gasteiger partial charge on any atom is 0.131 e. The zero-order valence-corrected chi connectivity index (χ0v) is 7.11. The minimum atomic E-state index is -0.132. The number of ether oxygens (including phenoxy) is 1. The molecular weight excluding hydrogens is 154 g/mol. The molecule has 0 rings (SSSR count). The molecule has 1 atom stereocenters. The van der Waals surface area contributed by atoms with Gasteiger partial charge in [0.05, 0.1) is 6.61 Å². The lowest BCUT2D eigenvalue weighted by Crippen LogP contribution is -2.27. The molecule has 0 saturated heterocycles. The highest BCUT2D eigenvalue weighted by atomic mass is 35.5. The smallest absolute Gasteiger partial charge is 0.131 e. The standard InChI is InChI=1S/C6H13NO2.ClH/c1-5(8)3-6(7)4-9-2;/h6H,3-4,7H2,1-2H3;1H. The molecule has 0 aromatic rings. The van der Waals surface area contributed by atoms with Gasteiger partial charge in [-0.2, -0.15) is 0 Å². The number of nitrogens with two attached hydrogens (primary N) is 1. The number of carbonyl (C=O) groups is 1. The van der Waals surface area contributed by atoms with E-state index in [1.54, 1.807) is 7.11 Å². The lowest BCUT2D eigenvalue weighted by Gasteiger charge is -2.05. The highest BCUT2D eigenvalue weighted by Gasteiger charge is 2.03. The van der Waals surface area contributed by atoms with E-state index in [0.29, 0.717) is 13.0 Å². The average molecular weight is 168 g/mol. The van der Waals surface area contributed by atoms with Crippen molar-refractivity contribution in [2.45, 2.75) is 19.4 Å². The minimum Gasteiger partial charge on any atom is -0.383 e. The van der Waals surface area contributed by atoms with Gasteiger partial charge in [0.2, 0.25) is 0 Å². The maximum absolute atomic E-state index is 10.4. The zero-order valence-electron chi connectivity index (χ0n) is 6.29. The molecule has 10 heavy (non-hydrogen) atoms. The van der Waals surface area contributed by atoms with Crippen LogP contribution in [-0.4, -0.2) is 25.5 Å². The molecule has 0 aromatic carbocycles. The average Bonchev–Trinajstić information content (AvgIpc) is 1.63. The van der Waals surface area contributed by atoms with Crippen LogP contribution < -0.4 is 5.73 Å². The molecule has 4 heteroatoms. The van der Waals surface area contributed by atoms with Crippen LogP contribution in [0.25, 0.3) is 0 Å². The van der Waals surface area contributed by atoms with Crippen molar-refractivity contribution in [1.82, 2.24) is 0 Å². The fourth-order valence-electron chi connectivity index (χ4n) is 0.642. The van der Waals surface area contributed by atoms with Crippen molar-refractivity contribution in [3.63, 3.8) is 0 Å². The predicted molar refractivity (Wildman–Crippen MR) is 42.4 cm³/mol. The first-order valence-electron chi connectivity index (χ1n) is 2.90. The normalized spacial score (nSPS) is 11.9. The molecule has 3 nitrogen and oxygen atoms in total.